The smallest absolute Gasteiger partial charge is 0.0897 e. The van der Waals surface area contributed by atoms with Crippen molar-refractivity contribution in [3.05, 3.63) is 0 Å². The third-order valence-electron chi connectivity index (χ3n) is 5.20. The molecule has 0 aliphatic rings. The molecule has 0 bridgehead atoms. The second kappa shape index (κ2) is 23.1. The van der Waals surface area contributed by atoms with E-state index in [0.717, 1.165) is 38.5 Å². The lowest BCUT2D eigenvalue weighted by Gasteiger charge is -2.12. The van der Waals surface area contributed by atoms with Gasteiger partial charge in [0.25, 0.3) is 0 Å². The Morgan fingerprint density at radius 1 is 0.714 bits per heavy atom. The zero-order valence-corrected chi connectivity index (χ0v) is 18.5. The Balaban J connectivity index is 3.21. The van der Waals surface area contributed by atoms with Gasteiger partial charge < -0.3 is 25.4 Å². The predicted octanol–water partition coefficient (Wildman–Crippen LogP) is 4.18. The highest BCUT2D eigenvalue weighted by atomic mass is 16.5. The second-order valence-electron chi connectivity index (χ2n) is 8.13. The summed E-state index contributed by atoms with van der Waals surface area (Å²) in [7, 11) is 0. The van der Waals surface area contributed by atoms with E-state index in [1.165, 1.54) is 57.8 Å². The zero-order valence-electron chi connectivity index (χ0n) is 18.5. The molecule has 28 heavy (non-hydrogen) atoms. The third-order valence-corrected chi connectivity index (χ3v) is 5.20. The highest BCUT2D eigenvalue weighted by molar-refractivity contribution is 4.59. The van der Waals surface area contributed by atoms with Crippen LogP contribution in [0.15, 0.2) is 0 Å². The quantitative estimate of drug-likeness (QED) is 0.192. The third kappa shape index (κ3) is 22.1. The van der Waals surface area contributed by atoms with Crippen molar-refractivity contribution in [3.63, 3.8) is 0 Å². The Morgan fingerprint density at radius 3 is 1.82 bits per heavy atom. The van der Waals surface area contributed by atoms with Crippen LogP contribution in [-0.2, 0) is 4.74 Å². The molecule has 2 unspecified atom stereocenters. The van der Waals surface area contributed by atoms with Crippen LogP contribution >= 0.6 is 0 Å². The second-order valence-corrected chi connectivity index (χ2v) is 8.13. The molecular weight excluding hydrogens is 354 g/mol. The van der Waals surface area contributed by atoms with Crippen LogP contribution in [0.5, 0.6) is 0 Å². The van der Waals surface area contributed by atoms with Crippen molar-refractivity contribution < 1.29 is 20.1 Å². The van der Waals surface area contributed by atoms with Crippen molar-refractivity contribution in [1.82, 2.24) is 5.32 Å². The van der Waals surface area contributed by atoms with Gasteiger partial charge in [-0.1, -0.05) is 84.0 Å². The average Bonchev–Trinajstić information content (AvgIpc) is 2.69. The van der Waals surface area contributed by atoms with Crippen LogP contribution in [0.3, 0.4) is 0 Å². The lowest BCUT2D eigenvalue weighted by Crippen LogP contribution is -2.32. The molecule has 0 fully saturated rings. The van der Waals surface area contributed by atoms with Gasteiger partial charge in [0, 0.05) is 19.7 Å². The average molecular weight is 404 g/mol. The van der Waals surface area contributed by atoms with Crippen LogP contribution < -0.4 is 5.32 Å². The van der Waals surface area contributed by atoms with E-state index in [4.69, 9.17) is 9.84 Å². The van der Waals surface area contributed by atoms with Crippen LogP contribution in [0.4, 0.5) is 0 Å². The van der Waals surface area contributed by atoms with Gasteiger partial charge in [-0.2, -0.15) is 0 Å². The van der Waals surface area contributed by atoms with Crippen molar-refractivity contribution in [2.45, 2.75) is 115 Å². The molecule has 2 atom stereocenters. The lowest BCUT2D eigenvalue weighted by molar-refractivity contribution is 0.0349. The molecular formula is C23H49NO4. The van der Waals surface area contributed by atoms with E-state index in [9.17, 15) is 10.2 Å². The van der Waals surface area contributed by atoms with Gasteiger partial charge in [-0.3, -0.25) is 0 Å². The molecule has 5 nitrogen and oxygen atoms in total. The van der Waals surface area contributed by atoms with Gasteiger partial charge in [-0.15, -0.1) is 0 Å². The van der Waals surface area contributed by atoms with Crippen LogP contribution in [0, 0.1) is 0 Å². The maximum Gasteiger partial charge on any atom is 0.0897 e. The van der Waals surface area contributed by atoms with E-state index in [0.29, 0.717) is 26.3 Å². The molecule has 0 aromatic heterocycles. The standard InChI is InChI=1S/C23H49NO4/c1-2-3-4-5-6-7-8-9-12-15-22(26)16-13-10-11-14-19-28-21-23(27)20-24-17-18-25/h22-27H,2-21H2,1H3. The first-order valence-electron chi connectivity index (χ1n) is 12.0. The topological polar surface area (TPSA) is 82.0 Å². The molecule has 0 rings (SSSR count). The van der Waals surface area contributed by atoms with Crippen LogP contribution in [0.2, 0.25) is 0 Å². The fraction of sp³-hybridized carbons (Fsp3) is 1.00. The molecule has 0 radical (unpaired) electrons. The molecule has 0 aromatic carbocycles. The van der Waals surface area contributed by atoms with Gasteiger partial charge >= 0.3 is 0 Å². The summed E-state index contributed by atoms with van der Waals surface area (Å²) < 4.78 is 5.46. The molecule has 0 saturated heterocycles. The van der Waals surface area contributed by atoms with Crippen molar-refractivity contribution in [2.24, 2.45) is 0 Å². The molecule has 0 aliphatic heterocycles. The van der Waals surface area contributed by atoms with E-state index in [1.807, 2.05) is 0 Å². The largest absolute Gasteiger partial charge is 0.395 e. The molecule has 4 N–H and O–H groups in total. The van der Waals surface area contributed by atoms with Crippen LogP contribution in [0.1, 0.15) is 103 Å². The fourth-order valence-corrected chi connectivity index (χ4v) is 3.40. The minimum atomic E-state index is -0.511. The van der Waals surface area contributed by atoms with Gasteiger partial charge in [0.15, 0.2) is 0 Å². The van der Waals surface area contributed by atoms with Crippen molar-refractivity contribution in [3.8, 4) is 0 Å². The number of ether oxygens (including phenoxy) is 1. The first-order valence-corrected chi connectivity index (χ1v) is 12.0. The molecule has 5 heteroatoms. The van der Waals surface area contributed by atoms with Crippen molar-refractivity contribution in [1.29, 1.82) is 0 Å². The molecule has 0 aromatic rings. The van der Waals surface area contributed by atoms with E-state index < -0.39 is 6.10 Å². The maximum atomic E-state index is 10.1. The monoisotopic (exact) mass is 403 g/mol. The Labute approximate surface area is 174 Å². The van der Waals surface area contributed by atoms with E-state index >= 15 is 0 Å². The summed E-state index contributed by atoms with van der Waals surface area (Å²) in [4.78, 5) is 0. The molecule has 0 amide bonds. The highest BCUT2D eigenvalue weighted by Gasteiger charge is 2.05. The van der Waals surface area contributed by atoms with E-state index in [-0.39, 0.29) is 12.7 Å². The number of aliphatic hydroxyl groups excluding tert-OH is 3. The summed E-state index contributed by atoms with van der Waals surface area (Å²) in [5.41, 5.74) is 0. The summed E-state index contributed by atoms with van der Waals surface area (Å²) in [6.07, 6.45) is 17.6. The predicted molar refractivity (Wildman–Crippen MR) is 118 cm³/mol. The number of aliphatic hydroxyl groups is 3. The highest BCUT2D eigenvalue weighted by Crippen LogP contribution is 2.14. The summed E-state index contributed by atoms with van der Waals surface area (Å²) in [6.45, 7) is 4.32. The van der Waals surface area contributed by atoms with Crippen molar-refractivity contribution in [2.75, 3.05) is 32.9 Å². The number of unbranched alkanes of at least 4 members (excludes halogenated alkanes) is 11. The summed E-state index contributed by atoms with van der Waals surface area (Å²) in [6, 6.07) is 0. The van der Waals surface area contributed by atoms with Crippen LogP contribution in [0.25, 0.3) is 0 Å². The van der Waals surface area contributed by atoms with Crippen molar-refractivity contribution >= 4 is 0 Å². The SMILES string of the molecule is CCCCCCCCCCCC(O)CCCCCCOCC(O)CNCCO. The Bertz CT molecular complexity index is 292. The summed E-state index contributed by atoms with van der Waals surface area (Å²) >= 11 is 0. The molecule has 0 heterocycles. The first-order chi connectivity index (χ1) is 13.7. The number of rotatable bonds is 23. The molecule has 0 saturated carbocycles. The van der Waals surface area contributed by atoms with Crippen LogP contribution in [-0.4, -0.2) is 60.4 Å². The van der Waals surface area contributed by atoms with Gasteiger partial charge in [0.1, 0.15) is 0 Å². The number of hydrogen-bond donors (Lipinski definition) is 4. The van der Waals surface area contributed by atoms with Gasteiger partial charge in [0.2, 0.25) is 0 Å². The number of nitrogens with one attached hydrogen (secondary N) is 1. The Morgan fingerprint density at radius 2 is 1.25 bits per heavy atom. The lowest BCUT2D eigenvalue weighted by atomic mass is 10.0. The summed E-state index contributed by atoms with van der Waals surface area (Å²) in [5.74, 6) is 0. The van der Waals surface area contributed by atoms with Gasteiger partial charge in [-0.05, 0) is 19.3 Å². The van der Waals surface area contributed by atoms with E-state index in [2.05, 4.69) is 12.2 Å². The molecule has 170 valence electrons. The maximum absolute atomic E-state index is 10.1. The van der Waals surface area contributed by atoms with E-state index in [1.54, 1.807) is 0 Å². The Kier molecular flexibility index (Phi) is 22.9. The molecule has 0 spiro atoms. The Hall–Kier alpha value is -0.200. The number of hydrogen-bond acceptors (Lipinski definition) is 5. The molecule has 0 aliphatic carbocycles. The van der Waals surface area contributed by atoms with Gasteiger partial charge in [0.05, 0.1) is 25.4 Å². The van der Waals surface area contributed by atoms with Gasteiger partial charge in [-0.25, -0.2) is 0 Å². The normalized spacial score (nSPS) is 13.7. The zero-order chi connectivity index (χ0) is 20.7. The minimum Gasteiger partial charge on any atom is -0.395 e. The fourth-order valence-electron chi connectivity index (χ4n) is 3.40. The first kappa shape index (κ1) is 27.8. The minimum absolute atomic E-state index is 0.0848. The summed E-state index contributed by atoms with van der Waals surface area (Å²) in [5, 5.41) is 31.3.